The van der Waals surface area contributed by atoms with Crippen LogP contribution >= 0.6 is 0 Å². The molecule has 0 aliphatic rings. The molecule has 28 heavy (non-hydrogen) atoms. The number of amides is 1. The molecule has 5 nitrogen and oxygen atoms in total. The molecule has 0 spiro atoms. The monoisotopic (exact) mass is 378 g/mol. The molecule has 0 aliphatic carbocycles. The largest absolute Gasteiger partial charge is 0.494 e. The number of carbonyl (C=O) groups excluding carboxylic acids is 2. The summed E-state index contributed by atoms with van der Waals surface area (Å²) in [5.74, 6) is 0.505. The maximum Gasteiger partial charge on any atom is 0.227 e. The van der Waals surface area contributed by atoms with Crippen molar-refractivity contribution >= 4 is 17.4 Å². The van der Waals surface area contributed by atoms with Gasteiger partial charge >= 0.3 is 0 Å². The third-order valence-corrected chi connectivity index (χ3v) is 4.46. The van der Waals surface area contributed by atoms with Gasteiger partial charge in [0.25, 0.3) is 0 Å². The highest BCUT2D eigenvalue weighted by Gasteiger charge is 2.17. The van der Waals surface area contributed by atoms with Crippen LogP contribution in [0.5, 0.6) is 5.75 Å². The Bertz CT molecular complexity index is 820. The van der Waals surface area contributed by atoms with Gasteiger partial charge in [-0.05, 0) is 43.2 Å². The van der Waals surface area contributed by atoms with E-state index in [1.807, 2.05) is 31.2 Å². The number of aryl methyl sites for hydroxylation is 1. The van der Waals surface area contributed by atoms with Crippen molar-refractivity contribution in [2.75, 3.05) is 18.1 Å². The molecule has 0 heterocycles. The first kappa shape index (κ1) is 21.2. The van der Waals surface area contributed by atoms with E-state index in [9.17, 15) is 9.59 Å². The standard InChI is InChI=1S/C23H26N2O3/c1-3-18-6-8-19(9-7-18)22(26)14-15-23(27)25(17-5-16-24)20-10-12-21(13-11-20)28-4-2/h6-13H,3-5,14-15,17H2,1-2H3. The molecular formula is C23H26N2O3. The van der Waals surface area contributed by atoms with E-state index >= 15 is 0 Å². The summed E-state index contributed by atoms with van der Waals surface area (Å²) < 4.78 is 5.43. The number of ether oxygens (including phenoxy) is 1. The van der Waals surface area contributed by atoms with Gasteiger partial charge in [-0.1, -0.05) is 31.2 Å². The Balaban J connectivity index is 2.03. The van der Waals surface area contributed by atoms with Gasteiger partial charge in [0.15, 0.2) is 5.78 Å². The SMILES string of the molecule is CCOc1ccc(N(CCC#N)C(=O)CCC(=O)c2ccc(CC)cc2)cc1. The molecule has 0 bridgehead atoms. The number of hydrogen-bond donors (Lipinski definition) is 0. The second kappa shape index (κ2) is 10.9. The number of rotatable bonds is 10. The maximum atomic E-state index is 12.7. The Hall–Kier alpha value is -3.13. The molecule has 0 aromatic heterocycles. The van der Waals surface area contributed by atoms with Crippen LogP contribution in [0.3, 0.4) is 0 Å². The van der Waals surface area contributed by atoms with Crippen LogP contribution in [-0.4, -0.2) is 24.8 Å². The third kappa shape index (κ3) is 5.95. The fraction of sp³-hybridized carbons (Fsp3) is 0.348. The van der Waals surface area contributed by atoms with Gasteiger partial charge < -0.3 is 9.64 Å². The zero-order valence-corrected chi connectivity index (χ0v) is 16.5. The van der Waals surface area contributed by atoms with Gasteiger partial charge in [-0.3, -0.25) is 9.59 Å². The molecule has 0 atom stereocenters. The smallest absolute Gasteiger partial charge is 0.227 e. The van der Waals surface area contributed by atoms with E-state index in [1.165, 1.54) is 5.56 Å². The molecule has 2 rings (SSSR count). The van der Waals surface area contributed by atoms with Gasteiger partial charge in [0.2, 0.25) is 5.91 Å². The summed E-state index contributed by atoms with van der Waals surface area (Å²) >= 11 is 0. The van der Waals surface area contributed by atoms with E-state index in [0.717, 1.165) is 12.2 Å². The highest BCUT2D eigenvalue weighted by molar-refractivity contribution is 6.00. The van der Waals surface area contributed by atoms with Gasteiger partial charge in [-0.15, -0.1) is 0 Å². The average molecular weight is 378 g/mol. The number of anilines is 1. The summed E-state index contributed by atoms with van der Waals surface area (Å²) in [6.07, 6.45) is 1.39. The van der Waals surface area contributed by atoms with Crippen LogP contribution in [0.15, 0.2) is 48.5 Å². The molecule has 5 heteroatoms. The summed E-state index contributed by atoms with van der Waals surface area (Å²) in [5, 5.41) is 8.91. The molecule has 0 saturated heterocycles. The first-order valence-electron chi connectivity index (χ1n) is 9.61. The summed E-state index contributed by atoms with van der Waals surface area (Å²) in [6.45, 7) is 4.83. The third-order valence-electron chi connectivity index (χ3n) is 4.46. The maximum absolute atomic E-state index is 12.7. The minimum absolute atomic E-state index is 0.0528. The van der Waals surface area contributed by atoms with E-state index in [0.29, 0.717) is 24.4 Å². The second-order valence-electron chi connectivity index (χ2n) is 6.35. The molecule has 146 valence electrons. The van der Waals surface area contributed by atoms with Crippen LogP contribution in [-0.2, 0) is 11.2 Å². The Morgan fingerprint density at radius 2 is 1.68 bits per heavy atom. The molecule has 2 aromatic carbocycles. The number of hydrogen-bond acceptors (Lipinski definition) is 4. The first-order chi connectivity index (χ1) is 13.6. The fourth-order valence-electron chi connectivity index (χ4n) is 2.87. The summed E-state index contributed by atoms with van der Waals surface area (Å²) in [4.78, 5) is 26.7. The van der Waals surface area contributed by atoms with Crippen LogP contribution < -0.4 is 9.64 Å². The van der Waals surface area contributed by atoms with Crippen molar-refractivity contribution in [2.24, 2.45) is 0 Å². The molecule has 0 fully saturated rings. The summed E-state index contributed by atoms with van der Waals surface area (Å²) in [6, 6.07) is 16.8. The topological polar surface area (TPSA) is 70.4 Å². The van der Waals surface area contributed by atoms with Gasteiger partial charge in [0.05, 0.1) is 19.1 Å². The van der Waals surface area contributed by atoms with E-state index < -0.39 is 0 Å². The lowest BCUT2D eigenvalue weighted by Crippen LogP contribution is -2.32. The molecule has 1 amide bonds. The second-order valence-corrected chi connectivity index (χ2v) is 6.35. The van der Waals surface area contributed by atoms with Crippen molar-refractivity contribution < 1.29 is 14.3 Å². The molecule has 2 aromatic rings. The van der Waals surface area contributed by atoms with Crippen molar-refractivity contribution in [2.45, 2.75) is 39.5 Å². The molecule has 0 radical (unpaired) electrons. The van der Waals surface area contributed by atoms with Gasteiger partial charge in [0.1, 0.15) is 5.75 Å². The average Bonchev–Trinajstić information content (AvgIpc) is 2.73. The fourth-order valence-corrected chi connectivity index (χ4v) is 2.87. The van der Waals surface area contributed by atoms with Gasteiger partial charge in [-0.25, -0.2) is 0 Å². The molecule has 0 aliphatic heterocycles. The van der Waals surface area contributed by atoms with Crippen LogP contribution in [0.4, 0.5) is 5.69 Å². The minimum atomic E-state index is -0.169. The van der Waals surface area contributed by atoms with Crippen LogP contribution in [0.2, 0.25) is 0 Å². The lowest BCUT2D eigenvalue weighted by molar-refractivity contribution is -0.118. The number of ketones is 1. The van der Waals surface area contributed by atoms with E-state index in [4.69, 9.17) is 10.00 Å². The van der Waals surface area contributed by atoms with Crippen molar-refractivity contribution in [1.82, 2.24) is 0 Å². The predicted molar refractivity (Wildman–Crippen MR) is 110 cm³/mol. The Morgan fingerprint density at radius 3 is 2.25 bits per heavy atom. The first-order valence-corrected chi connectivity index (χ1v) is 9.61. The molecule has 0 saturated carbocycles. The van der Waals surface area contributed by atoms with Crippen LogP contribution in [0, 0.1) is 11.3 Å². The van der Waals surface area contributed by atoms with E-state index in [-0.39, 0.29) is 31.0 Å². The van der Waals surface area contributed by atoms with Gasteiger partial charge in [0, 0.05) is 30.6 Å². The molecule has 0 N–H and O–H groups in total. The molecular weight excluding hydrogens is 352 g/mol. The number of nitriles is 1. The number of Topliss-reactive ketones (excluding diaryl/α,β-unsaturated/α-hetero) is 1. The normalized spacial score (nSPS) is 10.2. The zero-order valence-electron chi connectivity index (χ0n) is 16.5. The van der Waals surface area contributed by atoms with E-state index in [2.05, 4.69) is 13.0 Å². The van der Waals surface area contributed by atoms with Crippen molar-refractivity contribution in [1.29, 1.82) is 5.26 Å². The zero-order chi connectivity index (χ0) is 20.4. The van der Waals surface area contributed by atoms with Crippen LogP contribution in [0.1, 0.15) is 49.0 Å². The summed E-state index contributed by atoms with van der Waals surface area (Å²) in [5.41, 5.74) is 2.49. The highest BCUT2D eigenvalue weighted by atomic mass is 16.5. The van der Waals surface area contributed by atoms with Crippen molar-refractivity contribution in [3.63, 3.8) is 0 Å². The summed E-state index contributed by atoms with van der Waals surface area (Å²) in [7, 11) is 0. The van der Waals surface area contributed by atoms with Gasteiger partial charge in [-0.2, -0.15) is 5.26 Å². The Labute approximate surface area is 166 Å². The lowest BCUT2D eigenvalue weighted by atomic mass is 10.0. The van der Waals surface area contributed by atoms with Crippen molar-refractivity contribution in [3.05, 3.63) is 59.7 Å². The Morgan fingerprint density at radius 1 is 1.00 bits per heavy atom. The number of benzene rings is 2. The lowest BCUT2D eigenvalue weighted by Gasteiger charge is -2.22. The Kier molecular flexibility index (Phi) is 8.23. The number of carbonyl (C=O) groups is 2. The quantitative estimate of drug-likeness (QED) is 0.568. The highest BCUT2D eigenvalue weighted by Crippen LogP contribution is 2.21. The number of nitrogens with zero attached hydrogens (tertiary/aromatic N) is 2. The predicted octanol–water partition coefficient (Wildman–Crippen LogP) is 4.56. The van der Waals surface area contributed by atoms with Crippen LogP contribution in [0.25, 0.3) is 0 Å². The van der Waals surface area contributed by atoms with Crippen molar-refractivity contribution in [3.8, 4) is 11.8 Å². The van der Waals surface area contributed by atoms with E-state index in [1.54, 1.807) is 29.2 Å². The molecule has 0 unspecified atom stereocenters. The minimum Gasteiger partial charge on any atom is -0.494 e.